The predicted molar refractivity (Wildman–Crippen MR) is 104 cm³/mol. The van der Waals surface area contributed by atoms with Gasteiger partial charge in [-0.1, -0.05) is 23.2 Å². The van der Waals surface area contributed by atoms with Crippen LogP contribution < -0.4 is 22.9 Å². The van der Waals surface area contributed by atoms with Gasteiger partial charge in [-0.25, -0.2) is 14.8 Å². The molecule has 0 unspecified atom stereocenters. The topological polar surface area (TPSA) is 186 Å². The van der Waals surface area contributed by atoms with Crippen LogP contribution in [-0.2, 0) is 0 Å². The van der Waals surface area contributed by atoms with Gasteiger partial charge in [-0.2, -0.15) is 0 Å². The Hall–Kier alpha value is -3.17. The summed E-state index contributed by atoms with van der Waals surface area (Å²) < 4.78 is 0. The number of rotatable bonds is 2. The number of carboxylic acid groups (broad SMARTS) is 2. The van der Waals surface area contributed by atoms with E-state index in [1.54, 1.807) is 48.5 Å². The first-order valence-electron chi connectivity index (χ1n) is 6.72. The Bertz CT molecular complexity index is 677. The summed E-state index contributed by atoms with van der Waals surface area (Å²) in [4.78, 5) is 16.2. The number of aliphatic imine (C=N–C) groups is 2. The molecule has 0 aliphatic rings. The number of hydrogen-bond acceptors (Lipinski definition) is 3. The lowest BCUT2D eigenvalue weighted by atomic mass is 10.3. The molecule has 0 spiro atoms. The summed E-state index contributed by atoms with van der Waals surface area (Å²) in [6.45, 7) is 0. The standard InChI is InChI=1S/2C7H8ClN3.CH2O3/c2*8-5-1-3-6(4-2-5)11-7(9)10;2-1(3)4/h2*1-4H,(H4,9,10,11);(H2,2,3,4). The number of benzene rings is 2. The van der Waals surface area contributed by atoms with Gasteiger partial charge >= 0.3 is 6.16 Å². The van der Waals surface area contributed by atoms with Crippen LogP contribution in [-0.4, -0.2) is 28.3 Å². The highest BCUT2D eigenvalue weighted by molar-refractivity contribution is 6.30. The van der Waals surface area contributed by atoms with E-state index in [2.05, 4.69) is 9.98 Å². The molecule has 0 fully saturated rings. The molecule has 11 heteroatoms. The molecular weight excluding hydrogens is 383 g/mol. The fourth-order valence-corrected chi connectivity index (χ4v) is 1.58. The van der Waals surface area contributed by atoms with Gasteiger partial charge < -0.3 is 33.1 Å². The first kappa shape index (κ1) is 22.8. The molecule has 26 heavy (non-hydrogen) atoms. The van der Waals surface area contributed by atoms with E-state index in [1.165, 1.54) is 0 Å². The number of nitrogens with zero attached hydrogens (tertiary/aromatic N) is 2. The zero-order valence-electron chi connectivity index (χ0n) is 13.4. The first-order chi connectivity index (χ1) is 12.1. The minimum Gasteiger partial charge on any atom is -0.450 e. The second-order valence-electron chi connectivity index (χ2n) is 4.31. The zero-order chi connectivity index (χ0) is 20.1. The number of carbonyl (C=O) groups is 1. The van der Waals surface area contributed by atoms with Crippen LogP contribution in [0.15, 0.2) is 58.5 Å². The third kappa shape index (κ3) is 13.3. The van der Waals surface area contributed by atoms with E-state index in [4.69, 9.17) is 61.1 Å². The van der Waals surface area contributed by atoms with E-state index in [1.807, 2.05) is 0 Å². The van der Waals surface area contributed by atoms with Gasteiger partial charge in [-0.3, -0.25) is 0 Å². The average Bonchev–Trinajstić information content (AvgIpc) is 2.51. The van der Waals surface area contributed by atoms with Crippen molar-refractivity contribution in [2.75, 3.05) is 0 Å². The summed E-state index contributed by atoms with van der Waals surface area (Å²) in [6, 6.07) is 13.9. The van der Waals surface area contributed by atoms with Crippen molar-refractivity contribution in [3.8, 4) is 0 Å². The lowest BCUT2D eigenvalue weighted by Gasteiger charge is -1.93. The van der Waals surface area contributed by atoms with E-state index in [0.29, 0.717) is 21.4 Å². The van der Waals surface area contributed by atoms with Crippen molar-refractivity contribution in [1.29, 1.82) is 0 Å². The predicted octanol–water partition coefficient (Wildman–Crippen LogP) is 2.71. The minimum absolute atomic E-state index is 0.0484. The maximum Gasteiger partial charge on any atom is 0.503 e. The Morgan fingerprint density at radius 3 is 1.12 bits per heavy atom. The van der Waals surface area contributed by atoms with Crippen molar-refractivity contribution >= 4 is 52.7 Å². The number of hydrogen-bond donors (Lipinski definition) is 6. The molecule has 0 heterocycles. The van der Waals surface area contributed by atoms with E-state index in [9.17, 15) is 0 Å². The largest absolute Gasteiger partial charge is 0.503 e. The maximum absolute atomic E-state index is 8.56. The fourth-order valence-electron chi connectivity index (χ4n) is 1.33. The van der Waals surface area contributed by atoms with Gasteiger partial charge in [0.1, 0.15) is 0 Å². The summed E-state index contributed by atoms with van der Waals surface area (Å²) in [7, 11) is 0. The molecule has 2 aromatic carbocycles. The van der Waals surface area contributed by atoms with E-state index >= 15 is 0 Å². The van der Waals surface area contributed by atoms with Crippen molar-refractivity contribution in [1.82, 2.24) is 0 Å². The second-order valence-corrected chi connectivity index (χ2v) is 5.18. The zero-order valence-corrected chi connectivity index (χ0v) is 14.9. The maximum atomic E-state index is 8.56. The lowest BCUT2D eigenvalue weighted by Crippen LogP contribution is -2.21. The molecule has 9 nitrogen and oxygen atoms in total. The average molecular weight is 401 g/mol. The summed E-state index contributed by atoms with van der Waals surface area (Å²) in [6.07, 6.45) is -1.83. The van der Waals surface area contributed by atoms with Crippen molar-refractivity contribution in [2.24, 2.45) is 32.9 Å². The van der Waals surface area contributed by atoms with Crippen LogP contribution in [0, 0.1) is 0 Å². The third-order valence-corrected chi connectivity index (χ3v) is 2.67. The molecule has 0 aromatic heterocycles. The molecule has 0 saturated carbocycles. The molecule has 140 valence electrons. The van der Waals surface area contributed by atoms with Crippen LogP contribution in [0.2, 0.25) is 10.0 Å². The molecule has 0 radical (unpaired) electrons. The number of guanidine groups is 2. The molecule has 0 amide bonds. The molecule has 0 atom stereocenters. The smallest absolute Gasteiger partial charge is 0.450 e. The first-order valence-corrected chi connectivity index (χ1v) is 7.48. The minimum atomic E-state index is -1.83. The quantitative estimate of drug-likeness (QED) is 0.330. The summed E-state index contributed by atoms with van der Waals surface area (Å²) in [5.74, 6) is 0.0969. The van der Waals surface area contributed by atoms with Crippen molar-refractivity contribution in [3.63, 3.8) is 0 Å². The number of halogens is 2. The van der Waals surface area contributed by atoms with Crippen LogP contribution in [0.4, 0.5) is 16.2 Å². The Morgan fingerprint density at radius 2 is 0.923 bits per heavy atom. The molecular formula is C15H18Cl2N6O3. The Labute approximate surface area is 159 Å². The summed E-state index contributed by atoms with van der Waals surface area (Å²) in [5.41, 5.74) is 22.0. The highest BCUT2D eigenvalue weighted by Gasteiger charge is 1.89. The van der Waals surface area contributed by atoms with Crippen LogP contribution in [0.1, 0.15) is 0 Å². The molecule has 2 aromatic rings. The molecule has 0 aliphatic carbocycles. The van der Waals surface area contributed by atoms with E-state index in [0.717, 1.165) is 0 Å². The number of nitrogens with two attached hydrogens (primary N) is 4. The molecule has 10 N–H and O–H groups in total. The van der Waals surface area contributed by atoms with Gasteiger partial charge in [-0.05, 0) is 48.5 Å². The van der Waals surface area contributed by atoms with Crippen molar-refractivity contribution in [3.05, 3.63) is 58.6 Å². The normalized spacial score (nSPS) is 8.69. The van der Waals surface area contributed by atoms with Crippen LogP contribution in [0.25, 0.3) is 0 Å². The highest BCUT2D eigenvalue weighted by atomic mass is 35.5. The second kappa shape index (κ2) is 12.2. The molecule has 0 aliphatic heterocycles. The van der Waals surface area contributed by atoms with Gasteiger partial charge in [0, 0.05) is 10.0 Å². The Morgan fingerprint density at radius 1 is 0.692 bits per heavy atom. The van der Waals surface area contributed by atoms with Crippen LogP contribution in [0.5, 0.6) is 0 Å². The van der Waals surface area contributed by atoms with Crippen LogP contribution in [0.3, 0.4) is 0 Å². The van der Waals surface area contributed by atoms with Gasteiger partial charge in [0.05, 0.1) is 11.4 Å². The van der Waals surface area contributed by atoms with Gasteiger partial charge in [0.15, 0.2) is 11.9 Å². The van der Waals surface area contributed by atoms with E-state index < -0.39 is 6.16 Å². The van der Waals surface area contributed by atoms with Gasteiger partial charge in [-0.15, -0.1) is 0 Å². The van der Waals surface area contributed by atoms with Gasteiger partial charge in [0.25, 0.3) is 0 Å². The summed E-state index contributed by atoms with van der Waals surface area (Å²) in [5, 5.41) is 15.3. The van der Waals surface area contributed by atoms with Crippen LogP contribution >= 0.6 is 23.2 Å². The molecule has 2 rings (SSSR count). The molecule has 0 bridgehead atoms. The van der Waals surface area contributed by atoms with Crippen molar-refractivity contribution < 1.29 is 15.0 Å². The Balaban J connectivity index is 0.000000401. The fraction of sp³-hybridized carbons (Fsp3) is 0. The highest BCUT2D eigenvalue weighted by Crippen LogP contribution is 2.16. The molecule has 0 saturated heterocycles. The monoisotopic (exact) mass is 400 g/mol. The SMILES string of the molecule is NC(N)=Nc1ccc(Cl)cc1.NC(N)=Nc1ccc(Cl)cc1.O=C(O)O. The Kier molecular flexibility index (Phi) is 10.7. The van der Waals surface area contributed by atoms with Crippen molar-refractivity contribution in [2.45, 2.75) is 0 Å². The van der Waals surface area contributed by atoms with Gasteiger partial charge in [0.2, 0.25) is 0 Å². The third-order valence-electron chi connectivity index (χ3n) is 2.17. The van der Waals surface area contributed by atoms with E-state index in [-0.39, 0.29) is 11.9 Å². The lowest BCUT2D eigenvalue weighted by molar-refractivity contribution is 0.137. The summed E-state index contributed by atoms with van der Waals surface area (Å²) >= 11 is 11.3.